The second kappa shape index (κ2) is 10.4. The predicted molar refractivity (Wildman–Crippen MR) is 142 cm³/mol. The molecule has 3 aromatic carbocycles. The molecule has 0 unspecified atom stereocenters. The van der Waals surface area contributed by atoms with Crippen molar-refractivity contribution in [2.24, 2.45) is 0 Å². The van der Waals surface area contributed by atoms with Crippen molar-refractivity contribution in [3.05, 3.63) is 99.7 Å². The maximum absolute atomic E-state index is 13.5. The molecule has 0 N–H and O–H groups in total. The van der Waals surface area contributed by atoms with Crippen molar-refractivity contribution >= 4 is 16.9 Å². The summed E-state index contributed by atoms with van der Waals surface area (Å²) in [5, 5.41) is 0.441. The van der Waals surface area contributed by atoms with Gasteiger partial charge in [-0.25, -0.2) is 0 Å². The first-order valence-corrected chi connectivity index (χ1v) is 12.3. The molecule has 0 saturated carbocycles. The van der Waals surface area contributed by atoms with Gasteiger partial charge >= 0.3 is 0 Å². The van der Waals surface area contributed by atoms with Crippen molar-refractivity contribution in [1.82, 2.24) is 9.80 Å². The Morgan fingerprint density at radius 2 is 1.64 bits per heavy atom. The van der Waals surface area contributed by atoms with E-state index in [2.05, 4.69) is 17.0 Å². The maximum Gasteiger partial charge on any atom is 0.257 e. The van der Waals surface area contributed by atoms with Crippen molar-refractivity contribution in [3.63, 3.8) is 0 Å². The van der Waals surface area contributed by atoms with E-state index in [1.165, 1.54) is 5.56 Å². The van der Waals surface area contributed by atoms with E-state index in [0.29, 0.717) is 40.9 Å². The Balaban J connectivity index is 1.31. The molecule has 1 amide bonds. The molecule has 1 aromatic heterocycles. The number of ether oxygens (including phenoxy) is 1. The summed E-state index contributed by atoms with van der Waals surface area (Å²) in [5.41, 5.74) is 3.33. The lowest BCUT2D eigenvalue weighted by Gasteiger charge is -2.34. The molecule has 0 aliphatic carbocycles. The minimum absolute atomic E-state index is 0.0959. The van der Waals surface area contributed by atoms with Crippen molar-refractivity contribution in [2.75, 3.05) is 39.8 Å². The summed E-state index contributed by atoms with van der Waals surface area (Å²) in [6.45, 7) is 5.61. The second-order valence-electron chi connectivity index (χ2n) is 9.17. The number of methoxy groups -OCH3 is 1. The third-order valence-electron chi connectivity index (χ3n) is 6.95. The minimum Gasteiger partial charge on any atom is -0.497 e. The molecule has 1 aliphatic rings. The Morgan fingerprint density at radius 3 is 2.33 bits per heavy atom. The summed E-state index contributed by atoms with van der Waals surface area (Å²) < 4.78 is 11.5. The molecular formula is C30H30N2O4. The monoisotopic (exact) mass is 482 g/mol. The smallest absolute Gasteiger partial charge is 0.257 e. The largest absolute Gasteiger partial charge is 0.497 e. The number of rotatable bonds is 6. The topological polar surface area (TPSA) is 63.0 Å². The molecule has 0 spiro atoms. The van der Waals surface area contributed by atoms with Gasteiger partial charge < -0.3 is 14.1 Å². The zero-order valence-corrected chi connectivity index (χ0v) is 20.7. The van der Waals surface area contributed by atoms with Gasteiger partial charge in [-0.3, -0.25) is 14.5 Å². The number of benzene rings is 3. The Hall–Kier alpha value is -3.90. The van der Waals surface area contributed by atoms with Gasteiger partial charge in [-0.2, -0.15) is 0 Å². The highest BCUT2D eigenvalue weighted by Crippen LogP contribution is 2.28. The highest BCUT2D eigenvalue weighted by Gasteiger charge is 2.25. The number of para-hydroxylation sites is 1. The van der Waals surface area contributed by atoms with Crippen molar-refractivity contribution in [3.8, 4) is 17.1 Å². The SMILES string of the molecule is COc1ccc(CCN2CCN(C(=O)c3cccc4c(=O)c(C)c(-c5ccccc5)oc34)CC2)cc1. The van der Waals surface area contributed by atoms with Crippen LogP contribution in [-0.2, 0) is 6.42 Å². The molecule has 184 valence electrons. The van der Waals surface area contributed by atoms with Gasteiger partial charge in [0.05, 0.1) is 18.1 Å². The Kier molecular flexibility index (Phi) is 6.87. The molecule has 5 rings (SSSR count). The molecular weight excluding hydrogens is 452 g/mol. The van der Waals surface area contributed by atoms with Gasteiger partial charge in [0.2, 0.25) is 0 Å². The van der Waals surface area contributed by atoms with Gasteiger partial charge in [0, 0.05) is 43.9 Å². The molecule has 2 heterocycles. The van der Waals surface area contributed by atoms with Gasteiger partial charge in [-0.05, 0) is 43.2 Å². The van der Waals surface area contributed by atoms with Gasteiger partial charge in [-0.1, -0.05) is 48.5 Å². The quantitative estimate of drug-likeness (QED) is 0.396. The van der Waals surface area contributed by atoms with E-state index in [1.807, 2.05) is 47.4 Å². The first-order valence-electron chi connectivity index (χ1n) is 12.3. The molecule has 1 fully saturated rings. The first kappa shape index (κ1) is 23.8. The van der Waals surface area contributed by atoms with E-state index in [1.54, 1.807) is 32.2 Å². The van der Waals surface area contributed by atoms with Crippen molar-refractivity contribution < 1.29 is 13.9 Å². The van der Waals surface area contributed by atoms with Crippen LogP contribution in [0.5, 0.6) is 5.75 Å². The molecule has 6 nitrogen and oxygen atoms in total. The van der Waals surface area contributed by atoms with Gasteiger partial charge in [0.15, 0.2) is 11.0 Å². The molecule has 0 radical (unpaired) electrons. The lowest BCUT2D eigenvalue weighted by Crippen LogP contribution is -2.49. The van der Waals surface area contributed by atoms with Crippen LogP contribution in [0.1, 0.15) is 21.5 Å². The molecule has 4 aromatic rings. The highest BCUT2D eigenvalue weighted by atomic mass is 16.5. The van der Waals surface area contributed by atoms with Crippen LogP contribution in [0.15, 0.2) is 82.0 Å². The van der Waals surface area contributed by atoms with E-state index in [4.69, 9.17) is 9.15 Å². The average Bonchev–Trinajstić information content (AvgIpc) is 2.94. The van der Waals surface area contributed by atoms with Crippen molar-refractivity contribution in [2.45, 2.75) is 13.3 Å². The van der Waals surface area contributed by atoms with Crippen LogP contribution in [0.3, 0.4) is 0 Å². The Morgan fingerprint density at radius 1 is 0.917 bits per heavy atom. The van der Waals surface area contributed by atoms with Crippen LogP contribution in [0, 0.1) is 6.92 Å². The van der Waals surface area contributed by atoms with Gasteiger partial charge in [0.1, 0.15) is 11.5 Å². The number of hydrogen-bond acceptors (Lipinski definition) is 5. The van der Waals surface area contributed by atoms with Crippen LogP contribution >= 0.6 is 0 Å². The number of amides is 1. The Bertz CT molecular complexity index is 1420. The lowest BCUT2D eigenvalue weighted by molar-refractivity contribution is 0.0639. The van der Waals surface area contributed by atoms with Gasteiger partial charge in [0.25, 0.3) is 5.91 Å². The number of nitrogens with zero attached hydrogens (tertiary/aromatic N) is 2. The van der Waals surface area contributed by atoms with Gasteiger partial charge in [-0.15, -0.1) is 0 Å². The number of piperazine rings is 1. The normalized spacial score (nSPS) is 14.2. The summed E-state index contributed by atoms with van der Waals surface area (Å²) in [6, 6.07) is 23.0. The molecule has 1 saturated heterocycles. The fraction of sp³-hybridized carbons (Fsp3) is 0.267. The zero-order chi connectivity index (χ0) is 25.1. The predicted octanol–water partition coefficient (Wildman–Crippen LogP) is 4.78. The number of hydrogen-bond donors (Lipinski definition) is 0. The second-order valence-corrected chi connectivity index (χ2v) is 9.17. The van der Waals surface area contributed by atoms with Crippen LogP contribution in [-0.4, -0.2) is 55.5 Å². The Labute approximate surface area is 210 Å². The molecule has 1 aliphatic heterocycles. The van der Waals surface area contributed by atoms with Crippen LogP contribution < -0.4 is 10.2 Å². The summed E-state index contributed by atoms with van der Waals surface area (Å²) in [7, 11) is 1.67. The first-order chi connectivity index (χ1) is 17.5. The standard InChI is InChI=1S/C30H30N2O4/c1-21-27(33)25-9-6-10-26(29(25)36-28(21)23-7-4-3-5-8-23)30(34)32-19-17-31(18-20-32)16-15-22-11-13-24(35-2)14-12-22/h3-14H,15-20H2,1-2H3. The molecule has 0 atom stereocenters. The van der Waals surface area contributed by atoms with Crippen LogP contribution in [0.25, 0.3) is 22.3 Å². The van der Waals surface area contributed by atoms with E-state index in [-0.39, 0.29) is 11.3 Å². The lowest BCUT2D eigenvalue weighted by atomic mass is 10.0. The summed E-state index contributed by atoms with van der Waals surface area (Å²) in [5.74, 6) is 1.28. The number of carbonyl (C=O) groups is 1. The minimum atomic E-state index is -0.104. The van der Waals surface area contributed by atoms with Crippen LogP contribution in [0.4, 0.5) is 0 Å². The average molecular weight is 483 g/mol. The molecule has 0 bridgehead atoms. The summed E-state index contributed by atoms with van der Waals surface area (Å²) in [6.07, 6.45) is 0.952. The molecule has 36 heavy (non-hydrogen) atoms. The third-order valence-corrected chi connectivity index (χ3v) is 6.95. The third kappa shape index (κ3) is 4.77. The number of fused-ring (bicyclic) bond motifs is 1. The number of carbonyl (C=O) groups excluding carboxylic acids is 1. The fourth-order valence-electron chi connectivity index (χ4n) is 4.77. The summed E-state index contributed by atoms with van der Waals surface area (Å²) in [4.78, 5) is 30.9. The van der Waals surface area contributed by atoms with Crippen molar-refractivity contribution in [1.29, 1.82) is 0 Å². The fourth-order valence-corrected chi connectivity index (χ4v) is 4.77. The van der Waals surface area contributed by atoms with E-state index in [9.17, 15) is 9.59 Å². The van der Waals surface area contributed by atoms with E-state index in [0.717, 1.165) is 37.4 Å². The van der Waals surface area contributed by atoms with Crippen LogP contribution in [0.2, 0.25) is 0 Å². The maximum atomic E-state index is 13.5. The summed E-state index contributed by atoms with van der Waals surface area (Å²) >= 11 is 0. The zero-order valence-electron chi connectivity index (χ0n) is 20.7. The molecule has 6 heteroatoms. The van der Waals surface area contributed by atoms with E-state index < -0.39 is 0 Å². The van der Waals surface area contributed by atoms with E-state index >= 15 is 0 Å². The highest BCUT2D eigenvalue weighted by molar-refractivity contribution is 6.05.